The second kappa shape index (κ2) is 9.36. The van der Waals surface area contributed by atoms with Crippen LogP contribution in [0.2, 0.25) is 5.02 Å². The first-order valence-corrected chi connectivity index (χ1v) is 9.09. The number of nitrogens with zero attached hydrogens (tertiary/aromatic N) is 2. The molecule has 5 nitrogen and oxygen atoms in total. The van der Waals surface area contributed by atoms with Crippen molar-refractivity contribution in [2.24, 2.45) is 4.99 Å². The fourth-order valence-corrected chi connectivity index (χ4v) is 2.93. The lowest BCUT2D eigenvalue weighted by Crippen LogP contribution is -2.56. The van der Waals surface area contributed by atoms with Gasteiger partial charge in [0.1, 0.15) is 5.82 Å². The molecule has 1 fully saturated rings. The van der Waals surface area contributed by atoms with Gasteiger partial charge >= 0.3 is 0 Å². The Morgan fingerprint density at radius 3 is 2.68 bits per heavy atom. The van der Waals surface area contributed by atoms with Crippen molar-refractivity contribution < 1.29 is 9.13 Å². The molecule has 1 aliphatic rings. The first-order valence-electron chi connectivity index (χ1n) is 8.71. The zero-order chi connectivity index (χ0) is 18.3. The Labute approximate surface area is 154 Å². The van der Waals surface area contributed by atoms with Crippen LogP contribution < -0.4 is 10.6 Å². The molecule has 1 heterocycles. The lowest BCUT2D eigenvalue weighted by Gasteiger charge is -2.41. The Morgan fingerprint density at radius 1 is 1.32 bits per heavy atom. The van der Waals surface area contributed by atoms with Gasteiger partial charge in [0.05, 0.1) is 24.8 Å². The van der Waals surface area contributed by atoms with E-state index in [2.05, 4.69) is 34.4 Å². The number of morpholine rings is 1. The number of guanidine groups is 1. The van der Waals surface area contributed by atoms with Crippen LogP contribution in [0.5, 0.6) is 0 Å². The first-order chi connectivity index (χ1) is 11.9. The minimum atomic E-state index is -0.410. The molecule has 1 aliphatic heterocycles. The maximum absolute atomic E-state index is 13.2. The molecule has 0 atom stereocenters. The van der Waals surface area contributed by atoms with E-state index in [4.69, 9.17) is 16.3 Å². The van der Waals surface area contributed by atoms with Gasteiger partial charge in [-0.05, 0) is 38.5 Å². The summed E-state index contributed by atoms with van der Waals surface area (Å²) < 4.78 is 18.7. The molecular formula is C18H28ClFN4O. The van der Waals surface area contributed by atoms with E-state index in [-0.39, 0.29) is 10.6 Å². The average Bonchev–Trinajstić information content (AvgIpc) is 2.61. The van der Waals surface area contributed by atoms with Crippen LogP contribution in [-0.2, 0) is 11.3 Å². The highest BCUT2D eigenvalue weighted by atomic mass is 35.5. The van der Waals surface area contributed by atoms with Crippen molar-refractivity contribution in [3.8, 4) is 0 Å². The number of nitrogens with one attached hydrogen (secondary N) is 2. The Bertz CT molecular complexity index is 588. The maximum Gasteiger partial charge on any atom is 0.191 e. The molecular weight excluding hydrogens is 343 g/mol. The smallest absolute Gasteiger partial charge is 0.191 e. The van der Waals surface area contributed by atoms with E-state index in [0.717, 1.165) is 50.9 Å². The Kier molecular flexibility index (Phi) is 7.47. The molecule has 0 spiro atoms. The highest BCUT2D eigenvalue weighted by molar-refractivity contribution is 6.30. The van der Waals surface area contributed by atoms with E-state index in [1.165, 1.54) is 6.07 Å². The summed E-state index contributed by atoms with van der Waals surface area (Å²) >= 11 is 5.83. The van der Waals surface area contributed by atoms with Gasteiger partial charge in [0.25, 0.3) is 0 Å². The van der Waals surface area contributed by atoms with E-state index >= 15 is 0 Å². The van der Waals surface area contributed by atoms with Gasteiger partial charge in [0.15, 0.2) is 5.96 Å². The Balaban J connectivity index is 1.95. The molecule has 0 bridgehead atoms. The zero-order valence-electron chi connectivity index (χ0n) is 15.2. The van der Waals surface area contributed by atoms with Gasteiger partial charge in [-0.15, -0.1) is 0 Å². The van der Waals surface area contributed by atoms with Gasteiger partial charge in [0.2, 0.25) is 0 Å². The van der Waals surface area contributed by atoms with Gasteiger partial charge in [-0.25, -0.2) is 9.38 Å². The number of hydrogen-bond donors (Lipinski definition) is 2. The molecule has 7 heteroatoms. The molecule has 140 valence electrons. The number of ether oxygens (including phenoxy) is 1. The van der Waals surface area contributed by atoms with Gasteiger partial charge in [-0.2, -0.15) is 0 Å². The number of rotatable bonds is 6. The van der Waals surface area contributed by atoms with E-state index < -0.39 is 5.82 Å². The summed E-state index contributed by atoms with van der Waals surface area (Å²) in [5, 5.41) is 6.77. The first kappa shape index (κ1) is 19.9. The average molecular weight is 371 g/mol. The normalized spacial score (nSPS) is 16.8. The van der Waals surface area contributed by atoms with E-state index in [1.807, 2.05) is 6.92 Å². The minimum Gasteiger partial charge on any atom is -0.379 e. The van der Waals surface area contributed by atoms with Crippen LogP contribution in [0.25, 0.3) is 0 Å². The summed E-state index contributed by atoms with van der Waals surface area (Å²) in [4.78, 5) is 7.00. The molecule has 25 heavy (non-hydrogen) atoms. The highest BCUT2D eigenvalue weighted by Crippen LogP contribution is 2.17. The van der Waals surface area contributed by atoms with Gasteiger partial charge in [-0.3, -0.25) is 4.90 Å². The fraction of sp³-hybridized carbons (Fsp3) is 0.611. The number of aliphatic imine (C=N–C) groups is 1. The third-order valence-corrected chi connectivity index (χ3v) is 4.59. The monoisotopic (exact) mass is 370 g/mol. The van der Waals surface area contributed by atoms with Crippen LogP contribution in [0, 0.1) is 5.82 Å². The lowest BCUT2D eigenvalue weighted by atomic mass is 10.0. The summed E-state index contributed by atoms with van der Waals surface area (Å²) in [5.41, 5.74) is 0.870. The van der Waals surface area contributed by atoms with Crippen LogP contribution in [0.3, 0.4) is 0 Å². The molecule has 2 rings (SSSR count). The fourth-order valence-electron chi connectivity index (χ4n) is 2.73. The van der Waals surface area contributed by atoms with Crippen molar-refractivity contribution in [2.45, 2.75) is 32.9 Å². The largest absolute Gasteiger partial charge is 0.379 e. The molecule has 0 saturated carbocycles. The predicted molar refractivity (Wildman–Crippen MR) is 101 cm³/mol. The number of hydrogen-bond acceptors (Lipinski definition) is 3. The molecule has 1 aromatic carbocycles. The van der Waals surface area contributed by atoms with Crippen LogP contribution in [-0.4, -0.2) is 55.8 Å². The van der Waals surface area contributed by atoms with Gasteiger partial charge in [-0.1, -0.05) is 17.7 Å². The molecule has 0 radical (unpaired) electrons. The molecule has 1 saturated heterocycles. The molecule has 0 unspecified atom stereocenters. The van der Waals surface area contributed by atoms with Crippen LogP contribution in [0.1, 0.15) is 26.3 Å². The number of halogens is 2. The molecule has 0 amide bonds. The summed E-state index contributed by atoms with van der Waals surface area (Å²) in [6.45, 7) is 11.9. The quantitative estimate of drug-likeness (QED) is 0.597. The van der Waals surface area contributed by atoms with Crippen LogP contribution in [0.15, 0.2) is 23.2 Å². The number of benzene rings is 1. The van der Waals surface area contributed by atoms with Gasteiger partial charge in [0, 0.05) is 31.7 Å². The van der Waals surface area contributed by atoms with Crippen molar-refractivity contribution >= 4 is 17.6 Å². The van der Waals surface area contributed by atoms with Crippen molar-refractivity contribution in [3.05, 3.63) is 34.6 Å². The molecule has 1 aromatic rings. The lowest BCUT2D eigenvalue weighted by molar-refractivity contribution is -0.00834. The van der Waals surface area contributed by atoms with Crippen LogP contribution in [0.4, 0.5) is 4.39 Å². The minimum absolute atomic E-state index is 0.000838. The third kappa shape index (κ3) is 6.13. The SMILES string of the molecule is CCNC(=NCc1ccc(F)c(Cl)c1)NCC(C)(C)N1CCOCC1. The van der Waals surface area contributed by atoms with Gasteiger partial charge < -0.3 is 15.4 Å². The summed E-state index contributed by atoms with van der Waals surface area (Å²) in [5.74, 6) is 0.330. The highest BCUT2D eigenvalue weighted by Gasteiger charge is 2.28. The Morgan fingerprint density at radius 2 is 2.04 bits per heavy atom. The molecule has 0 aromatic heterocycles. The summed E-state index contributed by atoms with van der Waals surface area (Å²) in [6, 6.07) is 4.68. The molecule has 2 N–H and O–H groups in total. The third-order valence-electron chi connectivity index (χ3n) is 4.30. The van der Waals surface area contributed by atoms with Crippen molar-refractivity contribution in [1.29, 1.82) is 0 Å². The second-order valence-corrected chi connectivity index (χ2v) is 7.12. The standard InChI is InChI=1S/C18H28ClFN4O/c1-4-21-17(22-12-14-5-6-16(20)15(19)11-14)23-13-18(2,3)24-7-9-25-10-8-24/h5-6,11H,4,7-10,12-13H2,1-3H3,(H2,21,22,23). The van der Waals surface area contributed by atoms with Crippen molar-refractivity contribution in [1.82, 2.24) is 15.5 Å². The van der Waals surface area contributed by atoms with E-state index in [9.17, 15) is 4.39 Å². The summed E-state index contributed by atoms with van der Waals surface area (Å²) in [7, 11) is 0. The summed E-state index contributed by atoms with van der Waals surface area (Å²) in [6.07, 6.45) is 0. The maximum atomic E-state index is 13.2. The van der Waals surface area contributed by atoms with Crippen molar-refractivity contribution in [2.75, 3.05) is 39.4 Å². The second-order valence-electron chi connectivity index (χ2n) is 6.71. The van der Waals surface area contributed by atoms with E-state index in [1.54, 1.807) is 12.1 Å². The Hall–Kier alpha value is -1.37. The predicted octanol–water partition coefficient (Wildman–Crippen LogP) is 2.65. The van der Waals surface area contributed by atoms with Crippen molar-refractivity contribution in [3.63, 3.8) is 0 Å². The topological polar surface area (TPSA) is 48.9 Å². The molecule has 0 aliphatic carbocycles. The van der Waals surface area contributed by atoms with Crippen LogP contribution >= 0.6 is 11.6 Å². The van der Waals surface area contributed by atoms with E-state index in [0.29, 0.717) is 6.54 Å². The zero-order valence-corrected chi connectivity index (χ0v) is 16.0.